The van der Waals surface area contributed by atoms with Crippen molar-refractivity contribution in [1.82, 2.24) is 4.90 Å². The number of hydrogen-bond donors (Lipinski definition) is 2. The van der Waals surface area contributed by atoms with Crippen molar-refractivity contribution in [3.8, 4) is 0 Å². The second-order valence-electron chi connectivity index (χ2n) is 2.16. The van der Waals surface area contributed by atoms with Crippen LogP contribution < -0.4 is 5.73 Å². The van der Waals surface area contributed by atoms with Crippen LogP contribution in [0.3, 0.4) is 0 Å². The second-order valence-corrected chi connectivity index (χ2v) is 2.16. The van der Waals surface area contributed by atoms with Crippen molar-refractivity contribution in [3.05, 3.63) is 0 Å². The number of likely N-dealkylation sites (N-methyl/N-ethyl adjacent to an activating group) is 1. The van der Waals surface area contributed by atoms with E-state index < -0.39 is 0 Å². The normalized spacial score (nSPS) is 16.2. The minimum absolute atomic E-state index is 0.00463. The summed E-state index contributed by atoms with van der Waals surface area (Å²) in [7, 11) is 3.73. The van der Waals surface area contributed by atoms with Gasteiger partial charge in [0.2, 0.25) is 0 Å². The summed E-state index contributed by atoms with van der Waals surface area (Å²) in [5.41, 5.74) is 5.28. The van der Waals surface area contributed by atoms with Gasteiger partial charge >= 0.3 is 0 Å². The van der Waals surface area contributed by atoms with Gasteiger partial charge in [-0.1, -0.05) is 5.16 Å². The fraction of sp³-hybridized carbons (Fsp3) is 0.800. The number of nitrogens with two attached hydrogens (primary N) is 1. The zero-order valence-electron chi connectivity index (χ0n) is 6.00. The van der Waals surface area contributed by atoms with Crippen LogP contribution in [0.25, 0.3) is 0 Å². The quantitative estimate of drug-likeness (QED) is 0.234. The first-order chi connectivity index (χ1) is 4.09. The molecule has 0 saturated heterocycles. The lowest BCUT2D eigenvalue weighted by molar-refractivity contribution is 0.304. The molecule has 0 saturated carbocycles. The summed E-state index contributed by atoms with van der Waals surface area (Å²) in [6.07, 6.45) is 0. The number of amidine groups is 1. The van der Waals surface area contributed by atoms with Crippen molar-refractivity contribution in [3.63, 3.8) is 0 Å². The van der Waals surface area contributed by atoms with Gasteiger partial charge in [-0.25, -0.2) is 0 Å². The molecule has 3 N–H and O–H groups in total. The van der Waals surface area contributed by atoms with Gasteiger partial charge in [-0.3, -0.25) is 4.90 Å². The molecule has 54 valence electrons. The van der Waals surface area contributed by atoms with E-state index in [1.54, 1.807) is 0 Å². The van der Waals surface area contributed by atoms with E-state index in [0.29, 0.717) is 0 Å². The standard InChI is InChI=1S/C5H13N3O/c1-4(8(2)3)5(6)7-9/h4,9H,1-3H3,(H2,6,7). The van der Waals surface area contributed by atoms with Crippen molar-refractivity contribution in [1.29, 1.82) is 0 Å². The van der Waals surface area contributed by atoms with E-state index in [4.69, 9.17) is 10.9 Å². The Balaban J connectivity index is 3.88. The third kappa shape index (κ3) is 2.32. The van der Waals surface area contributed by atoms with Gasteiger partial charge in [0.15, 0.2) is 5.84 Å². The van der Waals surface area contributed by atoms with E-state index in [2.05, 4.69) is 5.16 Å². The van der Waals surface area contributed by atoms with Crippen LogP contribution in [0.2, 0.25) is 0 Å². The first-order valence-corrected chi connectivity index (χ1v) is 2.73. The molecule has 0 spiro atoms. The van der Waals surface area contributed by atoms with Crippen LogP contribution in [0.5, 0.6) is 0 Å². The molecule has 1 unspecified atom stereocenters. The molecule has 1 atom stereocenters. The van der Waals surface area contributed by atoms with Crippen molar-refractivity contribution in [2.24, 2.45) is 10.9 Å². The third-order valence-electron chi connectivity index (χ3n) is 1.32. The van der Waals surface area contributed by atoms with E-state index >= 15 is 0 Å². The fourth-order valence-electron chi connectivity index (χ4n) is 0.348. The van der Waals surface area contributed by atoms with Gasteiger partial charge in [-0.05, 0) is 21.0 Å². The Morgan fingerprint density at radius 1 is 1.67 bits per heavy atom. The molecule has 0 aromatic heterocycles. The average molecular weight is 131 g/mol. The van der Waals surface area contributed by atoms with E-state index in [1.165, 1.54) is 0 Å². The Hall–Kier alpha value is -0.770. The largest absolute Gasteiger partial charge is 0.409 e. The fourth-order valence-corrected chi connectivity index (χ4v) is 0.348. The van der Waals surface area contributed by atoms with Crippen molar-refractivity contribution in [2.45, 2.75) is 13.0 Å². The summed E-state index contributed by atoms with van der Waals surface area (Å²) >= 11 is 0. The van der Waals surface area contributed by atoms with Gasteiger partial charge in [-0.15, -0.1) is 0 Å². The van der Waals surface area contributed by atoms with Gasteiger partial charge in [0, 0.05) is 0 Å². The number of rotatable bonds is 2. The zero-order chi connectivity index (χ0) is 7.44. The topological polar surface area (TPSA) is 61.9 Å². The second kappa shape index (κ2) is 3.29. The summed E-state index contributed by atoms with van der Waals surface area (Å²) in [6.45, 7) is 1.86. The Labute approximate surface area is 54.9 Å². The Morgan fingerprint density at radius 2 is 2.11 bits per heavy atom. The molecule has 0 aliphatic rings. The molecular weight excluding hydrogens is 118 g/mol. The van der Waals surface area contributed by atoms with E-state index in [9.17, 15) is 0 Å². The molecule has 0 fully saturated rings. The lowest BCUT2D eigenvalue weighted by Gasteiger charge is -2.17. The number of hydrogen-bond acceptors (Lipinski definition) is 3. The molecule has 0 aromatic carbocycles. The third-order valence-corrected chi connectivity index (χ3v) is 1.32. The molecule has 0 aliphatic carbocycles. The summed E-state index contributed by atoms with van der Waals surface area (Å²) in [4.78, 5) is 1.86. The van der Waals surface area contributed by atoms with Crippen LogP contribution in [-0.4, -0.2) is 36.1 Å². The Morgan fingerprint density at radius 3 is 2.22 bits per heavy atom. The van der Waals surface area contributed by atoms with Crippen LogP contribution in [0, 0.1) is 0 Å². The molecular formula is C5H13N3O. The zero-order valence-corrected chi connectivity index (χ0v) is 6.00. The highest BCUT2D eigenvalue weighted by Crippen LogP contribution is 1.89. The molecule has 0 radical (unpaired) electrons. The van der Waals surface area contributed by atoms with Gasteiger partial charge < -0.3 is 10.9 Å². The monoisotopic (exact) mass is 131 g/mol. The molecule has 0 bridgehead atoms. The molecule has 0 heterocycles. The van der Waals surface area contributed by atoms with Crippen molar-refractivity contribution < 1.29 is 5.21 Å². The summed E-state index contributed by atoms with van der Waals surface area (Å²) in [6, 6.07) is -0.00463. The highest BCUT2D eigenvalue weighted by molar-refractivity contribution is 5.84. The van der Waals surface area contributed by atoms with E-state index in [-0.39, 0.29) is 11.9 Å². The lowest BCUT2D eigenvalue weighted by atomic mass is 10.3. The first kappa shape index (κ1) is 8.23. The predicted octanol–water partition coefficient (Wildman–Crippen LogP) is -0.317. The van der Waals surface area contributed by atoms with E-state index in [1.807, 2.05) is 25.9 Å². The van der Waals surface area contributed by atoms with Crippen LogP contribution >= 0.6 is 0 Å². The SMILES string of the molecule is CC(/C(N)=N/O)N(C)C. The summed E-state index contributed by atoms with van der Waals surface area (Å²) < 4.78 is 0. The van der Waals surface area contributed by atoms with E-state index in [0.717, 1.165) is 0 Å². The van der Waals surface area contributed by atoms with Gasteiger partial charge in [0.25, 0.3) is 0 Å². The van der Waals surface area contributed by atoms with Gasteiger partial charge in [-0.2, -0.15) is 0 Å². The van der Waals surface area contributed by atoms with Crippen LogP contribution in [0.4, 0.5) is 0 Å². The Bertz CT molecular complexity index is 111. The molecule has 0 aliphatic heterocycles. The number of oxime groups is 1. The summed E-state index contributed by atoms with van der Waals surface area (Å²) in [5, 5.41) is 11.1. The molecule has 4 heteroatoms. The maximum absolute atomic E-state index is 8.19. The van der Waals surface area contributed by atoms with Crippen LogP contribution in [0.1, 0.15) is 6.92 Å². The number of nitrogens with zero attached hydrogens (tertiary/aromatic N) is 2. The minimum atomic E-state index is -0.00463. The van der Waals surface area contributed by atoms with Gasteiger partial charge in [0.1, 0.15) is 0 Å². The maximum Gasteiger partial charge on any atom is 0.156 e. The highest BCUT2D eigenvalue weighted by Gasteiger charge is 2.07. The smallest absolute Gasteiger partial charge is 0.156 e. The van der Waals surface area contributed by atoms with Crippen molar-refractivity contribution in [2.75, 3.05) is 14.1 Å². The molecule has 9 heavy (non-hydrogen) atoms. The Kier molecular flexibility index (Phi) is 3.01. The lowest BCUT2D eigenvalue weighted by Crippen LogP contribution is -2.37. The van der Waals surface area contributed by atoms with Crippen molar-refractivity contribution >= 4 is 5.84 Å². The van der Waals surface area contributed by atoms with Crippen LogP contribution in [0.15, 0.2) is 5.16 Å². The van der Waals surface area contributed by atoms with Gasteiger partial charge in [0.05, 0.1) is 6.04 Å². The average Bonchev–Trinajstić information content (AvgIpc) is 1.84. The first-order valence-electron chi connectivity index (χ1n) is 2.73. The van der Waals surface area contributed by atoms with Crippen LogP contribution in [-0.2, 0) is 0 Å². The highest BCUT2D eigenvalue weighted by atomic mass is 16.4. The molecule has 0 rings (SSSR count). The molecule has 0 aromatic rings. The maximum atomic E-state index is 8.19. The molecule has 4 nitrogen and oxygen atoms in total. The summed E-state index contributed by atoms with van der Waals surface area (Å²) in [5.74, 6) is 0.236. The molecule has 0 amide bonds. The predicted molar refractivity (Wildman–Crippen MR) is 36.6 cm³/mol. The minimum Gasteiger partial charge on any atom is -0.409 e.